The van der Waals surface area contributed by atoms with Gasteiger partial charge in [0.15, 0.2) is 0 Å². The monoisotopic (exact) mass is 438 g/mol. The largest absolute Gasteiger partial charge is 0.254 e. The molecular formula is C20H23IOS. The van der Waals surface area contributed by atoms with E-state index in [4.69, 9.17) is 0 Å². The molecule has 1 unspecified atom stereocenters. The van der Waals surface area contributed by atoms with Crippen LogP contribution in [0, 0.1) is 3.57 Å². The predicted octanol–water partition coefficient (Wildman–Crippen LogP) is 5.08. The van der Waals surface area contributed by atoms with Crippen molar-refractivity contribution in [3.8, 4) is 0 Å². The summed E-state index contributed by atoms with van der Waals surface area (Å²) in [5.74, 6) is 0. The Morgan fingerprint density at radius 1 is 0.826 bits per heavy atom. The number of rotatable bonds is 1. The van der Waals surface area contributed by atoms with Crippen LogP contribution in [0.25, 0.3) is 0 Å². The molecule has 0 saturated heterocycles. The second-order valence-corrected chi connectivity index (χ2v) is 10.5. The molecular weight excluding hydrogens is 415 g/mol. The summed E-state index contributed by atoms with van der Waals surface area (Å²) in [6.45, 7) is 6.20. The maximum absolute atomic E-state index is 13.1. The topological polar surface area (TPSA) is 17.1 Å². The molecule has 1 atom stereocenters. The van der Waals surface area contributed by atoms with Gasteiger partial charge in [0.2, 0.25) is 0 Å². The molecule has 0 heterocycles. The van der Waals surface area contributed by atoms with E-state index in [0.717, 1.165) is 30.6 Å². The van der Waals surface area contributed by atoms with Crippen LogP contribution in [-0.2, 0) is 36.5 Å². The summed E-state index contributed by atoms with van der Waals surface area (Å²) in [4.78, 5) is 1.07. The molecule has 6 rings (SSSR count). The Morgan fingerprint density at radius 3 is 1.83 bits per heavy atom. The van der Waals surface area contributed by atoms with E-state index in [1.807, 2.05) is 0 Å². The summed E-state index contributed by atoms with van der Waals surface area (Å²) >= 11 is 2.42. The number of halogens is 1. The SMILES string of the molecule is CC(C)(C)S(=O)c1c2ccc(c1I)CCc1ccc(cc1)CC2. The first-order valence-electron chi connectivity index (χ1n) is 8.16. The summed E-state index contributed by atoms with van der Waals surface area (Å²) in [7, 11) is -0.987. The molecule has 0 N–H and O–H groups in total. The lowest BCUT2D eigenvalue weighted by Gasteiger charge is -2.23. The van der Waals surface area contributed by atoms with Crippen molar-refractivity contribution in [2.45, 2.75) is 56.1 Å². The molecule has 2 aromatic rings. The van der Waals surface area contributed by atoms with Crippen molar-refractivity contribution in [1.29, 1.82) is 0 Å². The number of benzene rings is 2. The van der Waals surface area contributed by atoms with Crippen molar-refractivity contribution in [3.63, 3.8) is 0 Å². The van der Waals surface area contributed by atoms with Crippen LogP contribution in [0.1, 0.15) is 43.0 Å². The molecule has 0 saturated carbocycles. The van der Waals surface area contributed by atoms with Gasteiger partial charge < -0.3 is 0 Å². The van der Waals surface area contributed by atoms with E-state index >= 15 is 0 Å². The van der Waals surface area contributed by atoms with Gasteiger partial charge in [-0.15, -0.1) is 0 Å². The molecule has 4 aliphatic carbocycles. The summed E-state index contributed by atoms with van der Waals surface area (Å²) in [5.41, 5.74) is 5.32. The van der Waals surface area contributed by atoms with Gasteiger partial charge in [0.1, 0.15) is 0 Å². The summed E-state index contributed by atoms with van der Waals surface area (Å²) in [6, 6.07) is 13.5. The Hall–Kier alpha value is -0.680. The van der Waals surface area contributed by atoms with Gasteiger partial charge in [-0.05, 0) is 91.3 Å². The van der Waals surface area contributed by atoms with Crippen molar-refractivity contribution in [2.75, 3.05) is 0 Å². The highest BCUT2D eigenvalue weighted by Gasteiger charge is 2.26. The van der Waals surface area contributed by atoms with Gasteiger partial charge in [-0.2, -0.15) is 0 Å². The molecule has 0 radical (unpaired) electrons. The molecule has 122 valence electrons. The minimum Gasteiger partial charge on any atom is -0.254 e. The van der Waals surface area contributed by atoms with Gasteiger partial charge in [0.05, 0.1) is 15.7 Å². The van der Waals surface area contributed by atoms with E-state index in [0.29, 0.717) is 0 Å². The molecule has 0 amide bonds. The fourth-order valence-corrected chi connectivity index (χ4v) is 5.67. The van der Waals surface area contributed by atoms with Crippen molar-refractivity contribution in [1.82, 2.24) is 0 Å². The predicted molar refractivity (Wildman–Crippen MR) is 107 cm³/mol. The lowest BCUT2D eigenvalue weighted by molar-refractivity contribution is 0.646. The van der Waals surface area contributed by atoms with Crippen molar-refractivity contribution >= 4 is 33.4 Å². The third kappa shape index (κ3) is 3.71. The van der Waals surface area contributed by atoms with E-state index < -0.39 is 10.8 Å². The van der Waals surface area contributed by atoms with Gasteiger partial charge >= 0.3 is 0 Å². The quantitative estimate of drug-likeness (QED) is 0.568. The lowest BCUT2D eigenvalue weighted by Crippen LogP contribution is -2.24. The summed E-state index contributed by atoms with van der Waals surface area (Å²) < 4.78 is 14.1. The molecule has 0 spiro atoms. The van der Waals surface area contributed by atoms with Crippen LogP contribution in [0.15, 0.2) is 41.3 Å². The van der Waals surface area contributed by atoms with Crippen LogP contribution in [0.5, 0.6) is 0 Å². The van der Waals surface area contributed by atoms with Crippen LogP contribution in [0.4, 0.5) is 0 Å². The zero-order valence-electron chi connectivity index (χ0n) is 14.0. The molecule has 4 aliphatic rings. The van der Waals surface area contributed by atoms with E-state index in [2.05, 4.69) is 79.8 Å². The molecule has 3 heteroatoms. The van der Waals surface area contributed by atoms with Gasteiger partial charge in [-0.25, -0.2) is 0 Å². The first kappa shape index (κ1) is 17.2. The third-order valence-corrected chi connectivity index (χ3v) is 7.94. The average Bonchev–Trinajstić information content (AvgIpc) is 2.49. The molecule has 4 bridgehead atoms. The maximum Gasteiger partial charge on any atom is 0.0597 e. The number of aryl methyl sites for hydroxylation is 4. The Balaban J connectivity index is 2.10. The van der Waals surface area contributed by atoms with E-state index in [9.17, 15) is 4.21 Å². The van der Waals surface area contributed by atoms with Crippen LogP contribution in [-0.4, -0.2) is 8.96 Å². The zero-order chi connectivity index (χ0) is 16.6. The second kappa shape index (κ2) is 6.67. The standard InChI is InChI=1S/C20H23IOS/c1-20(2,3)23(22)19-17-11-9-15-6-4-14(5-7-15)8-10-16(12-13-17)18(19)21/h4-7,12-13H,8-11H2,1-3H3. The third-order valence-electron chi connectivity index (χ3n) is 4.39. The van der Waals surface area contributed by atoms with Gasteiger partial charge in [-0.1, -0.05) is 36.4 Å². The van der Waals surface area contributed by atoms with E-state index in [1.165, 1.54) is 25.8 Å². The number of hydrogen-bond donors (Lipinski definition) is 0. The fourth-order valence-electron chi connectivity index (χ4n) is 2.96. The molecule has 0 aromatic heterocycles. The Bertz CT molecular complexity index is 741. The number of hydrogen-bond acceptors (Lipinski definition) is 1. The second-order valence-electron chi connectivity index (χ2n) is 7.22. The molecule has 0 aliphatic heterocycles. The van der Waals surface area contributed by atoms with Crippen LogP contribution >= 0.6 is 22.6 Å². The van der Waals surface area contributed by atoms with Gasteiger partial charge in [0.25, 0.3) is 0 Å². The summed E-state index contributed by atoms with van der Waals surface area (Å²) in [6.07, 6.45) is 4.00. The highest BCUT2D eigenvalue weighted by Crippen LogP contribution is 2.32. The Morgan fingerprint density at radius 2 is 1.30 bits per heavy atom. The normalized spacial score (nSPS) is 16.0. The Labute approximate surface area is 155 Å². The highest BCUT2D eigenvalue weighted by molar-refractivity contribution is 14.1. The first-order chi connectivity index (χ1) is 10.9. The van der Waals surface area contributed by atoms with Crippen molar-refractivity contribution < 1.29 is 4.21 Å². The maximum atomic E-state index is 13.1. The molecule has 1 nitrogen and oxygen atoms in total. The van der Waals surface area contributed by atoms with E-state index in [-0.39, 0.29) is 4.75 Å². The molecule has 23 heavy (non-hydrogen) atoms. The molecule has 0 fully saturated rings. The van der Waals surface area contributed by atoms with Gasteiger partial charge in [0, 0.05) is 8.32 Å². The zero-order valence-corrected chi connectivity index (χ0v) is 17.0. The first-order valence-corrected chi connectivity index (χ1v) is 10.4. The average molecular weight is 438 g/mol. The minimum atomic E-state index is -0.987. The van der Waals surface area contributed by atoms with E-state index in [1.54, 1.807) is 0 Å². The fraction of sp³-hybridized carbons (Fsp3) is 0.400. The van der Waals surface area contributed by atoms with Crippen LogP contribution < -0.4 is 0 Å². The Kier molecular flexibility index (Phi) is 4.98. The highest BCUT2D eigenvalue weighted by atomic mass is 127. The van der Waals surface area contributed by atoms with Crippen molar-refractivity contribution in [3.05, 3.63) is 62.2 Å². The smallest absolute Gasteiger partial charge is 0.0597 e. The summed E-state index contributed by atoms with van der Waals surface area (Å²) in [5, 5.41) is 0. The lowest BCUT2D eigenvalue weighted by atomic mass is 9.97. The van der Waals surface area contributed by atoms with Crippen molar-refractivity contribution in [2.24, 2.45) is 0 Å². The minimum absolute atomic E-state index is 0.231. The van der Waals surface area contributed by atoms with Gasteiger partial charge in [-0.3, -0.25) is 4.21 Å². The molecule has 2 aromatic carbocycles. The van der Waals surface area contributed by atoms with Crippen LogP contribution in [0.2, 0.25) is 0 Å². The van der Waals surface area contributed by atoms with Crippen LogP contribution in [0.3, 0.4) is 0 Å².